The molecule has 1 atom stereocenters. The molecule has 20 heavy (non-hydrogen) atoms. The largest absolute Gasteiger partial charge is 0.466 e. The topological polar surface area (TPSA) is 75.1 Å². The van der Waals surface area contributed by atoms with Crippen LogP contribution in [-0.2, 0) is 9.53 Å². The lowest BCUT2D eigenvalue weighted by Crippen LogP contribution is -2.04. The summed E-state index contributed by atoms with van der Waals surface area (Å²) in [5, 5.41) is 3.71. The van der Waals surface area contributed by atoms with Crippen molar-refractivity contribution in [3.05, 3.63) is 45.6 Å². The van der Waals surface area contributed by atoms with Gasteiger partial charge in [0.1, 0.15) is 5.82 Å². The molecule has 0 heterocycles. The number of carbonyl (C=O) groups excluding carboxylic acids is 1. The molecule has 0 aliphatic heterocycles. The van der Waals surface area contributed by atoms with Crippen LogP contribution in [0.4, 0.5) is 4.39 Å². The summed E-state index contributed by atoms with van der Waals surface area (Å²) < 4.78 is 18.1. The fourth-order valence-electron chi connectivity index (χ4n) is 1.90. The molecule has 0 aliphatic carbocycles. The lowest BCUT2D eigenvalue weighted by atomic mass is 10.00. The first-order chi connectivity index (χ1) is 9.58. The molecule has 5 nitrogen and oxygen atoms in total. The molecular weight excluding hydrogens is 261 g/mol. The quantitative estimate of drug-likeness (QED) is 0.324. The number of rotatable bonds is 7. The minimum Gasteiger partial charge on any atom is -0.466 e. The fourth-order valence-corrected chi connectivity index (χ4v) is 1.90. The Morgan fingerprint density at radius 1 is 1.55 bits per heavy atom. The minimum atomic E-state index is -0.395. The van der Waals surface area contributed by atoms with Gasteiger partial charge < -0.3 is 4.74 Å². The highest BCUT2D eigenvalue weighted by molar-refractivity contribution is 5.69. The third kappa shape index (κ3) is 4.90. The van der Waals surface area contributed by atoms with Gasteiger partial charge in [0.2, 0.25) is 0 Å². The standard InChI is InChI=1S/C14H18FN3O2/c1-3-20-14(19)6-4-5-13(17-18-16)11-7-8-12(15)10(2)9-11/h7-9,13H,3-6H2,1-2H3. The molecule has 0 amide bonds. The van der Waals surface area contributed by atoms with Crippen LogP contribution in [0.1, 0.15) is 43.4 Å². The van der Waals surface area contributed by atoms with E-state index in [-0.39, 0.29) is 18.2 Å². The Morgan fingerprint density at radius 2 is 2.30 bits per heavy atom. The van der Waals surface area contributed by atoms with Crippen LogP contribution >= 0.6 is 0 Å². The summed E-state index contributed by atoms with van der Waals surface area (Å²) >= 11 is 0. The molecule has 1 aromatic carbocycles. The molecule has 1 aromatic rings. The molecule has 0 aromatic heterocycles. The van der Waals surface area contributed by atoms with Gasteiger partial charge >= 0.3 is 5.97 Å². The van der Waals surface area contributed by atoms with Crippen LogP contribution in [0.15, 0.2) is 23.3 Å². The van der Waals surface area contributed by atoms with Gasteiger partial charge in [-0.2, -0.15) is 0 Å². The number of benzene rings is 1. The van der Waals surface area contributed by atoms with Crippen LogP contribution in [0.25, 0.3) is 10.4 Å². The van der Waals surface area contributed by atoms with E-state index >= 15 is 0 Å². The average molecular weight is 279 g/mol. The molecule has 1 unspecified atom stereocenters. The first-order valence-corrected chi connectivity index (χ1v) is 6.54. The zero-order valence-electron chi connectivity index (χ0n) is 11.7. The summed E-state index contributed by atoms with van der Waals surface area (Å²) in [6, 6.07) is 4.23. The summed E-state index contributed by atoms with van der Waals surface area (Å²) in [6.45, 7) is 3.77. The second kappa shape index (κ2) is 8.17. The normalized spacial score (nSPS) is 11.6. The second-order valence-corrected chi connectivity index (χ2v) is 4.43. The molecule has 0 saturated heterocycles. The lowest BCUT2D eigenvalue weighted by molar-refractivity contribution is -0.143. The highest BCUT2D eigenvalue weighted by atomic mass is 19.1. The van der Waals surface area contributed by atoms with Crippen molar-refractivity contribution in [2.24, 2.45) is 5.11 Å². The van der Waals surface area contributed by atoms with Crippen molar-refractivity contribution >= 4 is 5.97 Å². The van der Waals surface area contributed by atoms with Gasteiger partial charge in [0, 0.05) is 11.3 Å². The summed E-state index contributed by atoms with van der Waals surface area (Å²) in [5.41, 5.74) is 9.87. The third-order valence-corrected chi connectivity index (χ3v) is 2.92. The zero-order valence-corrected chi connectivity index (χ0v) is 11.7. The van der Waals surface area contributed by atoms with Gasteiger partial charge in [-0.1, -0.05) is 17.2 Å². The SMILES string of the molecule is CCOC(=O)CCCC(N=[N+]=[N-])c1ccc(F)c(C)c1. The summed E-state index contributed by atoms with van der Waals surface area (Å²) in [4.78, 5) is 14.1. The molecule has 0 bridgehead atoms. The van der Waals surface area contributed by atoms with Crippen LogP contribution in [0.2, 0.25) is 0 Å². The molecule has 0 N–H and O–H groups in total. The van der Waals surface area contributed by atoms with Crippen molar-refractivity contribution in [2.75, 3.05) is 6.61 Å². The van der Waals surface area contributed by atoms with Crippen LogP contribution < -0.4 is 0 Å². The van der Waals surface area contributed by atoms with Crippen LogP contribution in [0, 0.1) is 12.7 Å². The first kappa shape index (κ1) is 16.0. The molecule has 0 aliphatic rings. The van der Waals surface area contributed by atoms with Crippen molar-refractivity contribution in [1.29, 1.82) is 0 Å². The minimum absolute atomic E-state index is 0.262. The number of hydrogen-bond donors (Lipinski definition) is 0. The number of halogens is 1. The molecule has 0 saturated carbocycles. The number of hydrogen-bond acceptors (Lipinski definition) is 3. The summed E-state index contributed by atoms with van der Waals surface area (Å²) in [7, 11) is 0. The molecule has 0 radical (unpaired) electrons. The van der Waals surface area contributed by atoms with Gasteiger partial charge in [-0.05, 0) is 49.4 Å². The van der Waals surface area contributed by atoms with E-state index in [1.54, 1.807) is 26.0 Å². The molecule has 1 rings (SSSR count). The first-order valence-electron chi connectivity index (χ1n) is 6.54. The third-order valence-electron chi connectivity index (χ3n) is 2.92. The van der Waals surface area contributed by atoms with E-state index in [0.29, 0.717) is 25.0 Å². The number of azide groups is 1. The van der Waals surface area contributed by atoms with Crippen molar-refractivity contribution in [2.45, 2.75) is 39.2 Å². The predicted molar refractivity (Wildman–Crippen MR) is 73.5 cm³/mol. The van der Waals surface area contributed by atoms with Gasteiger partial charge in [0.25, 0.3) is 0 Å². The van der Waals surface area contributed by atoms with Gasteiger partial charge in [-0.15, -0.1) is 0 Å². The fraction of sp³-hybridized carbons (Fsp3) is 0.500. The van der Waals surface area contributed by atoms with E-state index in [1.807, 2.05) is 0 Å². The zero-order chi connectivity index (χ0) is 15.0. The summed E-state index contributed by atoms with van der Waals surface area (Å²) in [5.74, 6) is -0.553. The van der Waals surface area contributed by atoms with Crippen LogP contribution in [0.5, 0.6) is 0 Å². The van der Waals surface area contributed by atoms with Crippen molar-refractivity contribution in [1.82, 2.24) is 0 Å². The molecular formula is C14H18FN3O2. The Bertz CT molecular complexity index is 513. The Morgan fingerprint density at radius 3 is 2.90 bits per heavy atom. The predicted octanol–water partition coefficient (Wildman–Crippen LogP) is 4.22. The van der Waals surface area contributed by atoms with Gasteiger partial charge in [0.05, 0.1) is 12.6 Å². The van der Waals surface area contributed by atoms with Crippen molar-refractivity contribution < 1.29 is 13.9 Å². The van der Waals surface area contributed by atoms with Crippen molar-refractivity contribution in [3.8, 4) is 0 Å². The van der Waals surface area contributed by atoms with Crippen LogP contribution in [0.3, 0.4) is 0 Å². The number of ether oxygens (including phenoxy) is 1. The maximum Gasteiger partial charge on any atom is 0.305 e. The Hall–Kier alpha value is -2.07. The molecule has 0 fully saturated rings. The Labute approximate surface area is 117 Å². The Kier molecular flexibility index (Phi) is 6.53. The average Bonchev–Trinajstić information content (AvgIpc) is 2.41. The monoisotopic (exact) mass is 279 g/mol. The highest BCUT2D eigenvalue weighted by Gasteiger charge is 2.12. The van der Waals surface area contributed by atoms with E-state index in [2.05, 4.69) is 10.0 Å². The van der Waals surface area contributed by atoms with E-state index < -0.39 is 6.04 Å². The molecule has 6 heteroatoms. The van der Waals surface area contributed by atoms with Crippen molar-refractivity contribution in [3.63, 3.8) is 0 Å². The smallest absolute Gasteiger partial charge is 0.305 e. The lowest BCUT2D eigenvalue weighted by Gasteiger charge is -2.12. The van der Waals surface area contributed by atoms with E-state index in [9.17, 15) is 9.18 Å². The molecule has 0 spiro atoms. The second-order valence-electron chi connectivity index (χ2n) is 4.43. The van der Waals surface area contributed by atoms with Crippen LogP contribution in [-0.4, -0.2) is 12.6 Å². The number of nitrogens with zero attached hydrogens (tertiary/aromatic N) is 3. The van der Waals surface area contributed by atoms with Gasteiger partial charge in [-0.3, -0.25) is 4.79 Å². The summed E-state index contributed by atoms with van der Waals surface area (Å²) in [6.07, 6.45) is 1.36. The number of esters is 1. The molecule has 108 valence electrons. The highest BCUT2D eigenvalue weighted by Crippen LogP contribution is 2.25. The maximum absolute atomic E-state index is 13.2. The van der Waals surface area contributed by atoms with E-state index in [1.165, 1.54) is 6.07 Å². The Balaban J connectivity index is 2.67. The van der Waals surface area contributed by atoms with Gasteiger partial charge in [-0.25, -0.2) is 4.39 Å². The van der Waals surface area contributed by atoms with E-state index in [4.69, 9.17) is 10.3 Å². The van der Waals surface area contributed by atoms with Gasteiger partial charge in [0.15, 0.2) is 0 Å². The number of aryl methyl sites for hydroxylation is 1. The maximum atomic E-state index is 13.2. The number of carbonyl (C=O) groups is 1. The van der Waals surface area contributed by atoms with E-state index in [0.717, 1.165) is 5.56 Å².